The van der Waals surface area contributed by atoms with Crippen molar-refractivity contribution in [3.8, 4) is 11.3 Å². The molecule has 3 aromatic rings. The summed E-state index contributed by atoms with van der Waals surface area (Å²) >= 11 is 3.07. The first-order valence-corrected chi connectivity index (χ1v) is 10.1. The Balaban J connectivity index is 2.10. The molecule has 3 aromatic heterocycles. The molecule has 0 saturated heterocycles. The van der Waals surface area contributed by atoms with Gasteiger partial charge in [0.05, 0.1) is 29.7 Å². The molecule has 0 unspecified atom stereocenters. The van der Waals surface area contributed by atoms with Gasteiger partial charge in [0.15, 0.2) is 11.5 Å². The van der Waals surface area contributed by atoms with Crippen LogP contribution in [0, 0.1) is 0 Å². The molecule has 0 aliphatic rings. The maximum absolute atomic E-state index is 9.14. The molecule has 0 aromatic carbocycles. The molecule has 3 N–H and O–H groups in total. The molecule has 0 fully saturated rings. The molecule has 0 radical (unpaired) electrons. The molecule has 3 rings (SSSR count). The van der Waals surface area contributed by atoms with Crippen molar-refractivity contribution >= 4 is 35.0 Å². The number of H-pyrrole nitrogens is 1. The van der Waals surface area contributed by atoms with Crippen LogP contribution in [0.5, 0.6) is 0 Å². The lowest BCUT2D eigenvalue weighted by molar-refractivity contribution is 0.322. The molecule has 9 heteroatoms. The van der Waals surface area contributed by atoms with Crippen molar-refractivity contribution in [1.82, 2.24) is 24.6 Å². The number of fused-ring (bicyclic) bond motifs is 1. The van der Waals surface area contributed by atoms with Crippen molar-refractivity contribution in [2.75, 3.05) is 23.9 Å². The van der Waals surface area contributed by atoms with E-state index in [1.165, 1.54) is 11.8 Å². The van der Waals surface area contributed by atoms with Crippen LogP contribution < -0.4 is 5.32 Å². The molecule has 0 aliphatic heterocycles. The second kappa shape index (κ2) is 8.43. The maximum Gasteiger partial charge on any atom is 0.181 e. The van der Waals surface area contributed by atoms with E-state index in [4.69, 9.17) is 5.11 Å². The minimum Gasteiger partial charge on any atom is -0.396 e. The van der Waals surface area contributed by atoms with Crippen LogP contribution in [0.4, 0.5) is 5.82 Å². The first kappa shape index (κ1) is 18.6. The lowest BCUT2D eigenvalue weighted by Crippen LogP contribution is -2.04. The number of aromatic amines is 1. The van der Waals surface area contributed by atoms with E-state index in [0.717, 1.165) is 32.5 Å². The monoisotopic (exact) mass is 388 g/mol. The van der Waals surface area contributed by atoms with E-state index in [-0.39, 0.29) is 6.61 Å². The molecule has 136 valence electrons. The van der Waals surface area contributed by atoms with E-state index in [1.807, 2.05) is 36.0 Å². The molecule has 0 bridgehead atoms. The highest BCUT2D eigenvalue weighted by molar-refractivity contribution is 8.02. The van der Waals surface area contributed by atoms with Gasteiger partial charge in [0.2, 0.25) is 0 Å². The Morgan fingerprint density at radius 3 is 2.96 bits per heavy atom. The van der Waals surface area contributed by atoms with Crippen molar-refractivity contribution in [1.29, 1.82) is 0 Å². The van der Waals surface area contributed by atoms with Crippen molar-refractivity contribution in [2.24, 2.45) is 0 Å². The number of hydrogen-bond acceptors (Lipinski definition) is 7. The molecular weight excluding hydrogens is 368 g/mol. The molecule has 0 saturated carbocycles. The van der Waals surface area contributed by atoms with Gasteiger partial charge in [0, 0.05) is 23.7 Å². The summed E-state index contributed by atoms with van der Waals surface area (Å²) in [5.41, 5.74) is 3.53. The highest BCUT2D eigenvalue weighted by Crippen LogP contribution is 2.28. The summed E-state index contributed by atoms with van der Waals surface area (Å²) in [5.74, 6) is 1.23. The average Bonchev–Trinajstić information content (AvgIpc) is 3.28. The standard InChI is InChI=1S/C17H20N6OS2/c1-11(2)6-14(25-3)21-16-17-18-9-13(12-7-19-20-8-12)23(17)10-15(22-16)26-5-4-24/h6-10,24H,1,4-5H2,2-3H3,(H,19,20)(H,21,22)/b14-6-. The van der Waals surface area contributed by atoms with Gasteiger partial charge in [-0.25, -0.2) is 9.97 Å². The molecule has 0 aliphatic carbocycles. The Hall–Kier alpha value is -2.23. The molecule has 0 amide bonds. The Morgan fingerprint density at radius 2 is 2.31 bits per heavy atom. The number of nitrogens with zero attached hydrogens (tertiary/aromatic N) is 4. The third kappa shape index (κ3) is 4.12. The summed E-state index contributed by atoms with van der Waals surface area (Å²) in [6.45, 7) is 5.97. The minimum absolute atomic E-state index is 0.0945. The second-order valence-electron chi connectivity index (χ2n) is 5.51. The van der Waals surface area contributed by atoms with E-state index in [2.05, 4.69) is 32.1 Å². The van der Waals surface area contributed by atoms with Gasteiger partial charge in [-0.1, -0.05) is 12.2 Å². The van der Waals surface area contributed by atoms with Gasteiger partial charge in [-0.2, -0.15) is 5.10 Å². The number of hydrogen-bond donors (Lipinski definition) is 3. The predicted octanol–water partition coefficient (Wildman–Crippen LogP) is 3.40. The number of aliphatic hydroxyl groups is 1. The van der Waals surface area contributed by atoms with Crippen LogP contribution in [-0.2, 0) is 0 Å². The van der Waals surface area contributed by atoms with Crippen LogP contribution in [0.2, 0.25) is 0 Å². The van der Waals surface area contributed by atoms with E-state index in [0.29, 0.717) is 11.6 Å². The van der Waals surface area contributed by atoms with Crippen LogP contribution in [0.1, 0.15) is 6.92 Å². The molecule has 0 spiro atoms. The van der Waals surface area contributed by atoms with Crippen LogP contribution in [0.3, 0.4) is 0 Å². The van der Waals surface area contributed by atoms with Gasteiger partial charge in [-0.3, -0.25) is 9.50 Å². The van der Waals surface area contributed by atoms with E-state index >= 15 is 0 Å². The third-order valence-electron chi connectivity index (χ3n) is 3.44. The van der Waals surface area contributed by atoms with Gasteiger partial charge >= 0.3 is 0 Å². The zero-order chi connectivity index (χ0) is 18.5. The van der Waals surface area contributed by atoms with Crippen LogP contribution in [0.25, 0.3) is 16.9 Å². The van der Waals surface area contributed by atoms with Crippen molar-refractivity contribution < 1.29 is 5.11 Å². The number of aromatic nitrogens is 5. The molecule has 0 atom stereocenters. The molecule has 26 heavy (non-hydrogen) atoms. The summed E-state index contributed by atoms with van der Waals surface area (Å²) in [6, 6.07) is 0. The predicted molar refractivity (Wildman–Crippen MR) is 108 cm³/mol. The Bertz CT molecular complexity index is 932. The summed E-state index contributed by atoms with van der Waals surface area (Å²) < 4.78 is 1.98. The van der Waals surface area contributed by atoms with Crippen LogP contribution in [0.15, 0.2) is 53.1 Å². The van der Waals surface area contributed by atoms with Gasteiger partial charge in [0.1, 0.15) is 5.03 Å². The fourth-order valence-electron chi connectivity index (χ4n) is 2.36. The number of nitrogens with one attached hydrogen (secondary N) is 2. The summed E-state index contributed by atoms with van der Waals surface area (Å²) in [6.07, 6.45) is 11.3. The van der Waals surface area contributed by atoms with Gasteiger partial charge in [-0.05, 0) is 19.3 Å². The Kier molecular flexibility index (Phi) is 6.02. The van der Waals surface area contributed by atoms with E-state index in [9.17, 15) is 0 Å². The van der Waals surface area contributed by atoms with Gasteiger partial charge in [0.25, 0.3) is 0 Å². The first-order valence-electron chi connectivity index (χ1n) is 7.91. The normalized spacial score (nSPS) is 11.9. The lowest BCUT2D eigenvalue weighted by atomic mass is 10.3. The van der Waals surface area contributed by atoms with Gasteiger partial charge < -0.3 is 10.4 Å². The minimum atomic E-state index is 0.0945. The quantitative estimate of drug-likeness (QED) is 0.402. The fourth-order valence-corrected chi connectivity index (χ4v) is 3.51. The Morgan fingerprint density at radius 1 is 1.46 bits per heavy atom. The zero-order valence-corrected chi connectivity index (χ0v) is 16.2. The number of allylic oxidation sites excluding steroid dienone is 2. The number of imidazole rings is 1. The third-order valence-corrected chi connectivity index (χ3v) is 4.98. The van der Waals surface area contributed by atoms with Crippen molar-refractivity contribution in [2.45, 2.75) is 11.9 Å². The smallest absolute Gasteiger partial charge is 0.181 e. The molecule has 7 nitrogen and oxygen atoms in total. The van der Waals surface area contributed by atoms with Crippen molar-refractivity contribution in [3.63, 3.8) is 0 Å². The largest absolute Gasteiger partial charge is 0.396 e. The maximum atomic E-state index is 9.14. The molecular formula is C17H20N6OS2. The number of rotatable bonds is 8. The molecule has 3 heterocycles. The summed E-state index contributed by atoms with van der Waals surface area (Å²) in [5, 5.41) is 21.1. The highest BCUT2D eigenvalue weighted by Gasteiger charge is 2.14. The number of anilines is 1. The fraction of sp³-hybridized carbons (Fsp3) is 0.235. The highest BCUT2D eigenvalue weighted by atomic mass is 32.2. The first-order chi connectivity index (χ1) is 12.6. The van der Waals surface area contributed by atoms with E-state index in [1.54, 1.807) is 24.2 Å². The van der Waals surface area contributed by atoms with Crippen LogP contribution >= 0.6 is 23.5 Å². The van der Waals surface area contributed by atoms with Crippen LogP contribution in [-0.4, -0.2) is 48.3 Å². The topological polar surface area (TPSA) is 91.1 Å². The van der Waals surface area contributed by atoms with Gasteiger partial charge in [-0.15, -0.1) is 23.5 Å². The second-order valence-corrected chi connectivity index (χ2v) is 7.47. The number of aliphatic hydroxyl groups excluding tert-OH is 1. The average molecular weight is 389 g/mol. The number of thioether (sulfide) groups is 2. The lowest BCUT2D eigenvalue weighted by Gasteiger charge is -2.12. The zero-order valence-electron chi connectivity index (χ0n) is 14.6. The summed E-state index contributed by atoms with van der Waals surface area (Å²) in [7, 11) is 0. The Labute approximate surface area is 160 Å². The van der Waals surface area contributed by atoms with E-state index < -0.39 is 0 Å². The summed E-state index contributed by atoms with van der Waals surface area (Å²) in [4.78, 5) is 9.22. The SMILES string of the molecule is C=C(C)/C=C(/Nc1nc(SCCO)cn2c(-c3cn[nH]c3)cnc12)SC. The van der Waals surface area contributed by atoms with Crippen molar-refractivity contribution in [3.05, 3.63) is 48.0 Å².